The Kier molecular flexibility index (Phi) is 6.76. The highest BCUT2D eigenvalue weighted by Crippen LogP contribution is 2.05. The van der Waals surface area contributed by atoms with Gasteiger partial charge in [0, 0.05) is 17.5 Å². The quantitative estimate of drug-likeness (QED) is 0.441. The zero-order valence-electron chi connectivity index (χ0n) is 10.2. The highest BCUT2D eigenvalue weighted by atomic mass is 16.5. The van der Waals surface area contributed by atoms with Gasteiger partial charge in [-0.2, -0.15) is 0 Å². The molecule has 0 aliphatic rings. The Morgan fingerprint density at radius 2 is 2.12 bits per heavy atom. The zero-order chi connectivity index (χ0) is 12.6. The normalized spacial score (nSPS) is 13.6. The second-order valence-electron chi connectivity index (χ2n) is 3.07. The molecule has 1 N–H and O–H groups in total. The van der Waals surface area contributed by atoms with Crippen LogP contribution in [0, 0.1) is 5.41 Å². The Labute approximate surface area is 96.2 Å². The van der Waals surface area contributed by atoms with E-state index in [1.807, 2.05) is 13.8 Å². The molecule has 0 aromatic rings. The van der Waals surface area contributed by atoms with Crippen LogP contribution in [-0.2, 0) is 9.53 Å². The van der Waals surface area contributed by atoms with Crippen LogP contribution in [0.25, 0.3) is 0 Å². The van der Waals surface area contributed by atoms with Crippen LogP contribution in [0.15, 0.2) is 28.4 Å². The van der Waals surface area contributed by atoms with Gasteiger partial charge in [-0.1, -0.05) is 19.1 Å². The van der Waals surface area contributed by atoms with Crippen LogP contribution in [0.3, 0.4) is 0 Å². The van der Waals surface area contributed by atoms with Crippen molar-refractivity contribution >= 4 is 17.9 Å². The number of carbonyl (C=O) groups is 1. The molecule has 0 atom stereocenters. The largest absolute Gasteiger partial charge is 0.464 e. The van der Waals surface area contributed by atoms with E-state index >= 15 is 0 Å². The number of aliphatic imine (C=N–C) groups is 1. The summed E-state index contributed by atoms with van der Waals surface area (Å²) in [5.41, 5.74) is 1.59. The van der Waals surface area contributed by atoms with Crippen molar-refractivity contribution in [2.75, 3.05) is 7.11 Å². The molecule has 16 heavy (non-hydrogen) atoms. The molecular weight excluding hydrogens is 204 g/mol. The number of nitrogens with one attached hydrogen (secondary N) is 1. The molecule has 0 amide bonds. The van der Waals surface area contributed by atoms with Crippen LogP contribution < -0.4 is 0 Å². The van der Waals surface area contributed by atoms with Crippen LogP contribution in [-0.4, -0.2) is 25.0 Å². The third-order valence-corrected chi connectivity index (χ3v) is 1.96. The number of ether oxygens (including phenoxy) is 1. The lowest BCUT2D eigenvalue weighted by molar-refractivity contribution is -0.136. The fraction of sp³-hybridized carbons (Fsp3) is 0.417. The molecule has 0 aliphatic carbocycles. The molecule has 0 aromatic heterocycles. The van der Waals surface area contributed by atoms with E-state index in [1.54, 1.807) is 19.1 Å². The average Bonchev–Trinajstić information content (AvgIpc) is 2.29. The molecule has 4 heteroatoms. The molecule has 0 spiro atoms. The van der Waals surface area contributed by atoms with Gasteiger partial charge in [0.2, 0.25) is 0 Å². The van der Waals surface area contributed by atoms with Crippen LogP contribution >= 0.6 is 0 Å². The van der Waals surface area contributed by atoms with Crippen molar-refractivity contribution in [2.45, 2.75) is 27.2 Å². The van der Waals surface area contributed by atoms with Crippen molar-refractivity contribution in [1.82, 2.24) is 0 Å². The van der Waals surface area contributed by atoms with Crippen molar-refractivity contribution in [3.8, 4) is 0 Å². The third kappa shape index (κ3) is 4.21. The summed E-state index contributed by atoms with van der Waals surface area (Å²) in [7, 11) is 1.32. The van der Waals surface area contributed by atoms with Crippen molar-refractivity contribution < 1.29 is 9.53 Å². The van der Waals surface area contributed by atoms with Gasteiger partial charge >= 0.3 is 5.97 Å². The van der Waals surface area contributed by atoms with Crippen molar-refractivity contribution in [1.29, 1.82) is 5.41 Å². The molecule has 88 valence electrons. The second kappa shape index (κ2) is 7.56. The van der Waals surface area contributed by atoms with Crippen LogP contribution in [0.5, 0.6) is 0 Å². The topological polar surface area (TPSA) is 62.5 Å². The first-order valence-corrected chi connectivity index (χ1v) is 5.11. The van der Waals surface area contributed by atoms with E-state index < -0.39 is 5.97 Å². The molecule has 0 saturated carbocycles. The lowest BCUT2D eigenvalue weighted by Crippen LogP contribution is -2.07. The van der Waals surface area contributed by atoms with Gasteiger partial charge in [0.1, 0.15) is 5.70 Å². The van der Waals surface area contributed by atoms with E-state index in [2.05, 4.69) is 9.73 Å². The number of nitrogens with zero attached hydrogens (tertiary/aromatic N) is 1. The molecule has 0 heterocycles. The summed E-state index contributed by atoms with van der Waals surface area (Å²) in [5.74, 6) is -0.457. The number of rotatable bonds is 5. The van der Waals surface area contributed by atoms with Gasteiger partial charge in [-0.15, -0.1) is 0 Å². The van der Waals surface area contributed by atoms with Gasteiger partial charge in [0.25, 0.3) is 0 Å². The Bertz CT molecular complexity index is 352. The summed E-state index contributed by atoms with van der Waals surface area (Å²) in [6.45, 7) is 5.49. The molecule has 0 fully saturated rings. The fourth-order valence-corrected chi connectivity index (χ4v) is 1.11. The fourth-order valence-electron chi connectivity index (χ4n) is 1.11. The van der Waals surface area contributed by atoms with Gasteiger partial charge in [-0.3, -0.25) is 0 Å². The average molecular weight is 222 g/mol. The van der Waals surface area contributed by atoms with Crippen LogP contribution in [0.2, 0.25) is 0 Å². The van der Waals surface area contributed by atoms with E-state index in [-0.39, 0.29) is 5.70 Å². The summed E-state index contributed by atoms with van der Waals surface area (Å²) in [5, 5.41) is 7.18. The van der Waals surface area contributed by atoms with Gasteiger partial charge in [-0.25, -0.2) is 9.79 Å². The summed E-state index contributed by atoms with van der Waals surface area (Å²) in [6, 6.07) is 0. The van der Waals surface area contributed by atoms with E-state index in [0.29, 0.717) is 17.7 Å². The Morgan fingerprint density at radius 3 is 2.50 bits per heavy atom. The van der Waals surface area contributed by atoms with Crippen molar-refractivity contribution in [2.24, 2.45) is 4.99 Å². The van der Waals surface area contributed by atoms with Crippen LogP contribution in [0.4, 0.5) is 0 Å². The molecule has 0 radical (unpaired) electrons. The molecule has 4 nitrogen and oxygen atoms in total. The third-order valence-electron chi connectivity index (χ3n) is 1.96. The Morgan fingerprint density at radius 1 is 1.50 bits per heavy atom. The van der Waals surface area contributed by atoms with E-state index in [1.165, 1.54) is 13.3 Å². The van der Waals surface area contributed by atoms with Crippen molar-refractivity contribution in [3.05, 3.63) is 23.4 Å². The summed E-state index contributed by atoms with van der Waals surface area (Å²) in [4.78, 5) is 15.5. The highest BCUT2D eigenvalue weighted by Gasteiger charge is 2.08. The lowest BCUT2D eigenvalue weighted by Gasteiger charge is -2.03. The maximum Gasteiger partial charge on any atom is 0.356 e. The summed E-state index contributed by atoms with van der Waals surface area (Å²) in [6.07, 6.45) is 5.38. The molecule has 0 rings (SSSR count). The second-order valence-corrected chi connectivity index (χ2v) is 3.07. The minimum Gasteiger partial charge on any atom is -0.464 e. The Hall–Kier alpha value is -1.71. The maximum atomic E-state index is 11.4. The van der Waals surface area contributed by atoms with Crippen molar-refractivity contribution in [3.63, 3.8) is 0 Å². The number of esters is 1. The number of hydrogen-bond acceptors (Lipinski definition) is 4. The first kappa shape index (κ1) is 14.3. The standard InChI is InChI=1S/C12H18N2O2/c1-5-7-11(12(15)16-4)14-9(3)10(6-2)8-13/h6-8,13H,5H2,1-4H3/b10-6-,11-7+,13-8?,14-9-. The SMILES string of the molecule is C\C=C(C=N)/C(C)=N\C(=C\CC)C(=O)OC. The number of hydrogen-bond donors (Lipinski definition) is 1. The molecule has 0 saturated heterocycles. The first-order valence-electron chi connectivity index (χ1n) is 5.11. The summed E-state index contributed by atoms with van der Waals surface area (Å²) >= 11 is 0. The Balaban J connectivity index is 5.14. The molecule has 0 bridgehead atoms. The maximum absolute atomic E-state index is 11.4. The predicted octanol–water partition coefficient (Wildman–Crippen LogP) is 2.51. The molecule has 0 aromatic carbocycles. The number of methoxy groups -OCH3 is 1. The minimum absolute atomic E-state index is 0.281. The van der Waals surface area contributed by atoms with E-state index in [4.69, 9.17) is 5.41 Å². The van der Waals surface area contributed by atoms with Gasteiger partial charge in [0.15, 0.2) is 0 Å². The number of carbonyl (C=O) groups excluding carboxylic acids is 1. The molecule has 0 aliphatic heterocycles. The lowest BCUT2D eigenvalue weighted by atomic mass is 10.2. The highest BCUT2D eigenvalue weighted by molar-refractivity contribution is 6.15. The van der Waals surface area contributed by atoms with Crippen LogP contribution in [0.1, 0.15) is 27.2 Å². The van der Waals surface area contributed by atoms with E-state index in [9.17, 15) is 4.79 Å². The smallest absolute Gasteiger partial charge is 0.356 e. The van der Waals surface area contributed by atoms with Gasteiger partial charge in [0.05, 0.1) is 7.11 Å². The predicted molar refractivity (Wildman–Crippen MR) is 66.0 cm³/mol. The molecule has 0 unspecified atom stereocenters. The summed E-state index contributed by atoms with van der Waals surface area (Å²) < 4.78 is 4.62. The molecular formula is C12H18N2O2. The minimum atomic E-state index is -0.457. The van der Waals surface area contributed by atoms with Gasteiger partial charge < -0.3 is 10.1 Å². The first-order chi connectivity index (χ1) is 7.60. The number of allylic oxidation sites excluding steroid dienone is 3. The van der Waals surface area contributed by atoms with Gasteiger partial charge in [-0.05, 0) is 20.3 Å². The monoisotopic (exact) mass is 222 g/mol. The van der Waals surface area contributed by atoms with E-state index in [0.717, 1.165) is 0 Å². The zero-order valence-corrected chi connectivity index (χ0v) is 10.2.